The van der Waals surface area contributed by atoms with Gasteiger partial charge in [-0.15, -0.1) is 11.3 Å². The molecule has 9 heteroatoms. The van der Waals surface area contributed by atoms with Gasteiger partial charge in [0.05, 0.1) is 21.7 Å². The Labute approximate surface area is 143 Å². The van der Waals surface area contributed by atoms with E-state index in [0.29, 0.717) is 22.7 Å². The Balaban J connectivity index is 1.58. The van der Waals surface area contributed by atoms with Gasteiger partial charge < -0.3 is 4.52 Å². The van der Waals surface area contributed by atoms with E-state index in [-0.39, 0.29) is 10.9 Å². The molecule has 0 amide bonds. The number of imidazole rings is 1. The summed E-state index contributed by atoms with van der Waals surface area (Å²) in [6, 6.07) is 10.6. The third-order valence-electron chi connectivity index (χ3n) is 3.29. The van der Waals surface area contributed by atoms with Gasteiger partial charge in [0.25, 0.3) is 0 Å². The van der Waals surface area contributed by atoms with E-state index < -0.39 is 6.55 Å². The van der Waals surface area contributed by atoms with Crippen LogP contribution in [-0.4, -0.2) is 19.7 Å². The summed E-state index contributed by atoms with van der Waals surface area (Å²) in [5.74, 6) is 1.15. The van der Waals surface area contributed by atoms with Crippen LogP contribution in [0.1, 0.15) is 12.4 Å². The molecule has 1 aromatic carbocycles. The fourth-order valence-corrected chi connectivity index (χ4v) is 3.76. The maximum atomic E-state index is 13.4. The summed E-state index contributed by atoms with van der Waals surface area (Å²) in [7, 11) is 0. The summed E-state index contributed by atoms with van der Waals surface area (Å²) in [4.78, 5) is 9.45. The number of thioether (sulfide) groups is 1. The second kappa shape index (κ2) is 6.33. The number of rotatable bonds is 5. The average molecular weight is 364 g/mol. The van der Waals surface area contributed by atoms with Gasteiger partial charge in [-0.25, -0.2) is 4.98 Å². The fourth-order valence-electron chi connectivity index (χ4n) is 2.26. The first-order valence-corrected chi connectivity index (χ1v) is 8.83. The van der Waals surface area contributed by atoms with Gasteiger partial charge in [0.15, 0.2) is 5.16 Å². The maximum Gasteiger partial charge on any atom is 0.321 e. The van der Waals surface area contributed by atoms with Gasteiger partial charge in [0, 0.05) is 0 Å². The van der Waals surface area contributed by atoms with Crippen LogP contribution in [0.2, 0.25) is 0 Å². The number of aromatic nitrogens is 4. The molecular weight excluding hydrogens is 354 g/mol. The number of nitrogens with zero attached hydrogens (tertiary/aromatic N) is 4. The van der Waals surface area contributed by atoms with Gasteiger partial charge in [-0.05, 0) is 23.6 Å². The van der Waals surface area contributed by atoms with Crippen molar-refractivity contribution in [3.63, 3.8) is 0 Å². The first kappa shape index (κ1) is 15.3. The van der Waals surface area contributed by atoms with Crippen LogP contribution in [0.4, 0.5) is 8.78 Å². The van der Waals surface area contributed by atoms with Crippen molar-refractivity contribution >= 4 is 34.1 Å². The molecule has 0 aliphatic carbocycles. The number of para-hydroxylation sites is 2. The van der Waals surface area contributed by atoms with Crippen molar-refractivity contribution in [3.8, 4) is 10.7 Å². The van der Waals surface area contributed by atoms with E-state index in [9.17, 15) is 8.78 Å². The molecular formula is C15H10F2N4OS2. The molecule has 0 saturated heterocycles. The normalized spacial score (nSPS) is 11.6. The molecule has 0 aliphatic rings. The lowest BCUT2D eigenvalue weighted by atomic mass is 10.3. The summed E-state index contributed by atoms with van der Waals surface area (Å²) in [6.45, 7) is -2.66. The molecule has 3 aromatic heterocycles. The van der Waals surface area contributed by atoms with Crippen molar-refractivity contribution < 1.29 is 13.3 Å². The number of hydrogen-bond acceptors (Lipinski definition) is 6. The summed E-state index contributed by atoms with van der Waals surface area (Å²) in [5, 5.41) is 6.05. The number of benzene rings is 1. The maximum absolute atomic E-state index is 13.4. The molecule has 3 heterocycles. The predicted octanol–water partition coefficient (Wildman–Crippen LogP) is 4.84. The molecule has 0 unspecified atom stereocenters. The Hall–Kier alpha value is -2.26. The quantitative estimate of drug-likeness (QED) is 0.475. The molecule has 0 bridgehead atoms. The first-order valence-electron chi connectivity index (χ1n) is 6.97. The zero-order chi connectivity index (χ0) is 16.5. The Bertz CT molecular complexity index is 965. The summed E-state index contributed by atoms with van der Waals surface area (Å²) in [5.41, 5.74) is 0.935. The van der Waals surface area contributed by atoms with Gasteiger partial charge in [-0.3, -0.25) is 4.57 Å². The summed E-state index contributed by atoms with van der Waals surface area (Å²) in [6.07, 6.45) is 0. The van der Waals surface area contributed by atoms with Crippen molar-refractivity contribution in [1.29, 1.82) is 0 Å². The molecule has 122 valence electrons. The topological polar surface area (TPSA) is 56.7 Å². The molecule has 0 atom stereocenters. The molecule has 0 aliphatic heterocycles. The highest BCUT2D eigenvalue weighted by atomic mass is 32.2. The molecule has 4 rings (SSSR count). The Kier molecular flexibility index (Phi) is 4.03. The Morgan fingerprint density at radius 1 is 1.17 bits per heavy atom. The van der Waals surface area contributed by atoms with Crippen LogP contribution >= 0.6 is 23.1 Å². The van der Waals surface area contributed by atoms with Crippen LogP contribution in [0.25, 0.3) is 21.7 Å². The van der Waals surface area contributed by atoms with E-state index in [1.807, 2.05) is 17.5 Å². The van der Waals surface area contributed by atoms with Crippen LogP contribution in [0.15, 0.2) is 51.5 Å². The van der Waals surface area contributed by atoms with Crippen LogP contribution in [-0.2, 0) is 5.75 Å². The number of hydrogen-bond donors (Lipinski definition) is 0. The lowest BCUT2D eigenvalue weighted by Crippen LogP contribution is -2.00. The summed E-state index contributed by atoms with van der Waals surface area (Å²) >= 11 is 2.65. The van der Waals surface area contributed by atoms with Crippen LogP contribution in [0, 0.1) is 0 Å². The zero-order valence-electron chi connectivity index (χ0n) is 12.1. The van der Waals surface area contributed by atoms with E-state index in [0.717, 1.165) is 21.2 Å². The van der Waals surface area contributed by atoms with Crippen LogP contribution < -0.4 is 0 Å². The number of alkyl halides is 2. The number of halogens is 2. The third-order valence-corrected chi connectivity index (χ3v) is 5.10. The van der Waals surface area contributed by atoms with E-state index in [2.05, 4.69) is 15.1 Å². The van der Waals surface area contributed by atoms with Crippen LogP contribution in [0.3, 0.4) is 0 Å². The molecule has 0 N–H and O–H groups in total. The molecule has 0 spiro atoms. The second-order valence-electron chi connectivity index (χ2n) is 4.81. The first-order chi connectivity index (χ1) is 11.7. The highest BCUT2D eigenvalue weighted by molar-refractivity contribution is 7.98. The minimum atomic E-state index is -2.66. The van der Waals surface area contributed by atoms with Crippen molar-refractivity contribution in [2.24, 2.45) is 0 Å². The van der Waals surface area contributed by atoms with E-state index in [4.69, 9.17) is 4.52 Å². The average Bonchev–Trinajstić information content (AvgIpc) is 3.30. The molecule has 5 nitrogen and oxygen atoms in total. The zero-order valence-corrected chi connectivity index (χ0v) is 13.7. The fraction of sp³-hybridized carbons (Fsp3) is 0.133. The van der Waals surface area contributed by atoms with E-state index in [1.54, 1.807) is 24.3 Å². The summed E-state index contributed by atoms with van der Waals surface area (Å²) < 4.78 is 32.8. The molecule has 0 fully saturated rings. The van der Waals surface area contributed by atoms with Gasteiger partial charge in [0.1, 0.15) is 0 Å². The van der Waals surface area contributed by atoms with E-state index >= 15 is 0 Å². The van der Waals surface area contributed by atoms with Crippen molar-refractivity contribution in [1.82, 2.24) is 19.7 Å². The smallest absolute Gasteiger partial charge is 0.321 e. The van der Waals surface area contributed by atoms with Gasteiger partial charge in [-0.1, -0.05) is 35.1 Å². The largest absolute Gasteiger partial charge is 0.338 e. The van der Waals surface area contributed by atoms with Crippen molar-refractivity contribution in [3.05, 3.63) is 47.7 Å². The molecule has 0 radical (unpaired) electrons. The van der Waals surface area contributed by atoms with E-state index in [1.165, 1.54) is 11.3 Å². The van der Waals surface area contributed by atoms with Gasteiger partial charge in [0.2, 0.25) is 11.7 Å². The Morgan fingerprint density at radius 3 is 2.83 bits per heavy atom. The highest BCUT2D eigenvalue weighted by Crippen LogP contribution is 2.31. The standard InChI is InChI=1S/C15H10F2N4OS2/c16-14(17)21-10-5-2-1-4-9(10)18-15(21)24-8-12-19-13(20-22-12)11-6-3-7-23-11/h1-7,14H,8H2. The van der Waals surface area contributed by atoms with Crippen molar-refractivity contribution in [2.75, 3.05) is 0 Å². The van der Waals surface area contributed by atoms with Crippen LogP contribution in [0.5, 0.6) is 0 Å². The third kappa shape index (κ3) is 2.80. The predicted molar refractivity (Wildman–Crippen MR) is 88.2 cm³/mol. The minimum Gasteiger partial charge on any atom is -0.338 e. The molecule has 24 heavy (non-hydrogen) atoms. The van der Waals surface area contributed by atoms with Crippen molar-refractivity contribution in [2.45, 2.75) is 17.5 Å². The lowest BCUT2D eigenvalue weighted by molar-refractivity contribution is 0.0656. The minimum absolute atomic E-state index is 0.224. The van der Waals surface area contributed by atoms with Gasteiger partial charge in [-0.2, -0.15) is 13.8 Å². The highest BCUT2D eigenvalue weighted by Gasteiger charge is 2.19. The number of thiophene rings is 1. The number of fused-ring (bicyclic) bond motifs is 1. The van der Waals surface area contributed by atoms with Gasteiger partial charge >= 0.3 is 6.55 Å². The molecule has 0 saturated carbocycles. The lowest BCUT2D eigenvalue weighted by Gasteiger charge is -2.05. The molecule has 4 aromatic rings. The SMILES string of the molecule is FC(F)n1c(SCc2nc(-c3cccs3)no2)nc2ccccc21. The monoisotopic (exact) mass is 364 g/mol. The second-order valence-corrected chi connectivity index (χ2v) is 6.70. The Morgan fingerprint density at radius 2 is 2.04 bits per heavy atom.